The number of carbonyl (C=O) groups excluding carboxylic acids is 2. The maximum Gasteiger partial charge on any atom is 0.235 e. The standard InChI is InChI=1S/C14H24N2O2/c1-15-9-6-10-16-12(17)11-14(13(16)18)7-4-2-3-5-8-14/h15H,2-11H2,1H3. The summed E-state index contributed by atoms with van der Waals surface area (Å²) in [6, 6.07) is 0. The minimum atomic E-state index is -0.326. The summed E-state index contributed by atoms with van der Waals surface area (Å²) in [7, 11) is 1.89. The molecule has 2 fully saturated rings. The van der Waals surface area contributed by atoms with E-state index in [0.717, 1.165) is 38.6 Å². The molecule has 1 saturated heterocycles. The third kappa shape index (κ3) is 2.58. The van der Waals surface area contributed by atoms with Crippen LogP contribution in [0.25, 0.3) is 0 Å². The van der Waals surface area contributed by atoms with E-state index < -0.39 is 0 Å². The van der Waals surface area contributed by atoms with E-state index in [1.54, 1.807) is 0 Å². The van der Waals surface area contributed by atoms with Gasteiger partial charge in [-0.2, -0.15) is 0 Å². The van der Waals surface area contributed by atoms with Gasteiger partial charge in [-0.1, -0.05) is 25.7 Å². The zero-order valence-electron chi connectivity index (χ0n) is 11.3. The number of carbonyl (C=O) groups is 2. The van der Waals surface area contributed by atoms with Crippen LogP contribution in [0.5, 0.6) is 0 Å². The molecule has 1 spiro atoms. The first-order chi connectivity index (χ1) is 8.69. The second-order valence-corrected chi connectivity index (χ2v) is 5.68. The topological polar surface area (TPSA) is 49.4 Å². The van der Waals surface area contributed by atoms with Crippen LogP contribution >= 0.6 is 0 Å². The smallest absolute Gasteiger partial charge is 0.235 e. The SMILES string of the molecule is CNCCCN1C(=O)CC2(CCCCCC2)C1=O. The van der Waals surface area contributed by atoms with E-state index in [-0.39, 0.29) is 17.2 Å². The lowest BCUT2D eigenvalue weighted by Crippen LogP contribution is -2.36. The molecule has 1 aliphatic heterocycles. The number of rotatable bonds is 4. The van der Waals surface area contributed by atoms with Crippen LogP contribution in [0.1, 0.15) is 51.4 Å². The minimum Gasteiger partial charge on any atom is -0.320 e. The largest absolute Gasteiger partial charge is 0.320 e. The van der Waals surface area contributed by atoms with Crippen molar-refractivity contribution in [3.05, 3.63) is 0 Å². The molecule has 1 saturated carbocycles. The lowest BCUT2D eigenvalue weighted by molar-refractivity contribution is -0.141. The van der Waals surface area contributed by atoms with E-state index in [9.17, 15) is 9.59 Å². The Balaban J connectivity index is 2.02. The van der Waals surface area contributed by atoms with Crippen LogP contribution in [0.4, 0.5) is 0 Å². The second-order valence-electron chi connectivity index (χ2n) is 5.68. The molecular formula is C14H24N2O2. The third-order valence-corrected chi connectivity index (χ3v) is 4.36. The Bertz CT molecular complexity index is 320. The van der Waals surface area contributed by atoms with Crippen molar-refractivity contribution in [1.82, 2.24) is 10.2 Å². The molecule has 0 radical (unpaired) electrons. The molecule has 18 heavy (non-hydrogen) atoms. The minimum absolute atomic E-state index is 0.0537. The van der Waals surface area contributed by atoms with E-state index in [4.69, 9.17) is 0 Å². The van der Waals surface area contributed by atoms with Gasteiger partial charge in [0.2, 0.25) is 11.8 Å². The highest BCUT2D eigenvalue weighted by atomic mass is 16.2. The average Bonchev–Trinajstić information content (AvgIpc) is 2.55. The first kappa shape index (κ1) is 13.5. The van der Waals surface area contributed by atoms with Gasteiger partial charge in [0.1, 0.15) is 0 Å². The van der Waals surface area contributed by atoms with Crippen molar-refractivity contribution in [1.29, 1.82) is 0 Å². The second kappa shape index (κ2) is 5.83. The molecule has 1 aliphatic carbocycles. The monoisotopic (exact) mass is 252 g/mol. The molecule has 0 aromatic rings. The number of likely N-dealkylation sites (tertiary alicyclic amines) is 1. The molecule has 4 nitrogen and oxygen atoms in total. The summed E-state index contributed by atoms with van der Waals surface area (Å²) >= 11 is 0. The Morgan fingerprint density at radius 3 is 2.44 bits per heavy atom. The van der Waals surface area contributed by atoms with Gasteiger partial charge in [0.25, 0.3) is 0 Å². The van der Waals surface area contributed by atoms with Crippen molar-refractivity contribution in [2.45, 2.75) is 51.4 Å². The van der Waals surface area contributed by atoms with Crippen molar-refractivity contribution in [2.75, 3.05) is 20.1 Å². The van der Waals surface area contributed by atoms with E-state index in [1.807, 2.05) is 7.05 Å². The van der Waals surface area contributed by atoms with Gasteiger partial charge < -0.3 is 5.32 Å². The molecule has 0 aromatic carbocycles. The molecule has 4 heteroatoms. The van der Waals surface area contributed by atoms with Gasteiger partial charge in [-0.25, -0.2) is 0 Å². The molecule has 102 valence electrons. The third-order valence-electron chi connectivity index (χ3n) is 4.36. The zero-order chi connectivity index (χ0) is 13.0. The zero-order valence-corrected chi connectivity index (χ0v) is 11.3. The van der Waals surface area contributed by atoms with Crippen molar-refractivity contribution in [3.8, 4) is 0 Å². The predicted molar refractivity (Wildman–Crippen MR) is 70.0 cm³/mol. The van der Waals surface area contributed by atoms with E-state index in [1.165, 1.54) is 17.7 Å². The summed E-state index contributed by atoms with van der Waals surface area (Å²) < 4.78 is 0. The number of hydrogen-bond donors (Lipinski definition) is 1. The molecule has 1 heterocycles. The fraction of sp³-hybridized carbons (Fsp3) is 0.857. The Hall–Kier alpha value is -0.900. The van der Waals surface area contributed by atoms with Gasteiger partial charge in [-0.05, 0) is 32.9 Å². The summed E-state index contributed by atoms with van der Waals surface area (Å²) in [5.41, 5.74) is -0.326. The Morgan fingerprint density at radius 2 is 1.83 bits per heavy atom. The predicted octanol–water partition coefficient (Wildman–Crippen LogP) is 1.70. The quantitative estimate of drug-likeness (QED) is 0.612. The Labute approximate surface area is 109 Å². The highest BCUT2D eigenvalue weighted by Gasteiger charge is 2.50. The van der Waals surface area contributed by atoms with Crippen LogP contribution in [-0.4, -0.2) is 36.9 Å². The number of nitrogens with zero attached hydrogens (tertiary/aromatic N) is 1. The van der Waals surface area contributed by atoms with Gasteiger partial charge in [-0.15, -0.1) is 0 Å². The van der Waals surface area contributed by atoms with Crippen molar-refractivity contribution in [3.63, 3.8) is 0 Å². The Morgan fingerprint density at radius 1 is 1.17 bits per heavy atom. The number of amides is 2. The molecule has 0 unspecified atom stereocenters. The maximum absolute atomic E-state index is 12.5. The molecule has 0 bridgehead atoms. The number of nitrogens with one attached hydrogen (secondary N) is 1. The molecule has 0 atom stereocenters. The van der Waals surface area contributed by atoms with Crippen LogP contribution in [0.15, 0.2) is 0 Å². The van der Waals surface area contributed by atoms with Crippen LogP contribution in [0, 0.1) is 5.41 Å². The van der Waals surface area contributed by atoms with Gasteiger partial charge in [0.05, 0.1) is 5.41 Å². The molecular weight excluding hydrogens is 228 g/mol. The van der Waals surface area contributed by atoms with Gasteiger partial charge >= 0.3 is 0 Å². The van der Waals surface area contributed by atoms with Crippen molar-refractivity contribution >= 4 is 11.8 Å². The molecule has 2 aliphatic rings. The van der Waals surface area contributed by atoms with Crippen molar-refractivity contribution in [2.24, 2.45) is 5.41 Å². The molecule has 0 aromatic heterocycles. The molecule has 2 amide bonds. The van der Waals surface area contributed by atoms with Gasteiger partial charge in [-0.3, -0.25) is 14.5 Å². The van der Waals surface area contributed by atoms with E-state index in [0.29, 0.717) is 13.0 Å². The Kier molecular flexibility index (Phi) is 4.38. The fourth-order valence-electron chi connectivity index (χ4n) is 3.30. The normalized spacial score (nSPS) is 23.7. The lowest BCUT2D eigenvalue weighted by atomic mass is 9.79. The van der Waals surface area contributed by atoms with Crippen LogP contribution in [-0.2, 0) is 9.59 Å². The summed E-state index contributed by atoms with van der Waals surface area (Å²) in [5, 5.41) is 3.05. The first-order valence-electron chi connectivity index (χ1n) is 7.19. The summed E-state index contributed by atoms with van der Waals surface area (Å²) in [4.78, 5) is 26.1. The summed E-state index contributed by atoms with van der Waals surface area (Å²) in [5.74, 6) is 0.170. The van der Waals surface area contributed by atoms with E-state index in [2.05, 4.69) is 5.32 Å². The first-order valence-corrected chi connectivity index (χ1v) is 7.19. The summed E-state index contributed by atoms with van der Waals surface area (Å²) in [6.45, 7) is 1.43. The van der Waals surface area contributed by atoms with Crippen LogP contribution < -0.4 is 5.32 Å². The van der Waals surface area contributed by atoms with Crippen LogP contribution in [0.2, 0.25) is 0 Å². The fourth-order valence-corrected chi connectivity index (χ4v) is 3.30. The van der Waals surface area contributed by atoms with Gasteiger partial charge in [0.15, 0.2) is 0 Å². The maximum atomic E-state index is 12.5. The summed E-state index contributed by atoms with van der Waals surface area (Å²) in [6.07, 6.45) is 7.77. The highest BCUT2D eigenvalue weighted by molar-refractivity contribution is 6.05. The van der Waals surface area contributed by atoms with Gasteiger partial charge in [0, 0.05) is 13.0 Å². The molecule has 1 N–H and O–H groups in total. The van der Waals surface area contributed by atoms with Crippen LogP contribution in [0.3, 0.4) is 0 Å². The average molecular weight is 252 g/mol. The lowest BCUT2D eigenvalue weighted by Gasteiger charge is -2.25. The van der Waals surface area contributed by atoms with Crippen molar-refractivity contribution < 1.29 is 9.59 Å². The molecule has 2 rings (SSSR count). The highest BCUT2D eigenvalue weighted by Crippen LogP contribution is 2.44. The van der Waals surface area contributed by atoms with E-state index >= 15 is 0 Å². The number of hydrogen-bond acceptors (Lipinski definition) is 3. The number of imide groups is 1.